The van der Waals surface area contributed by atoms with Gasteiger partial charge in [-0.05, 0) is 37.8 Å². The third kappa shape index (κ3) is 2.09. The molecule has 1 aromatic carbocycles. The van der Waals surface area contributed by atoms with Gasteiger partial charge in [0.2, 0.25) is 0 Å². The maximum atomic E-state index is 11.4. The second kappa shape index (κ2) is 4.55. The van der Waals surface area contributed by atoms with Crippen molar-refractivity contribution in [1.29, 1.82) is 0 Å². The van der Waals surface area contributed by atoms with Gasteiger partial charge < -0.3 is 15.6 Å². The summed E-state index contributed by atoms with van der Waals surface area (Å²) in [7, 11) is 0. The molecule has 0 amide bonds. The molecule has 3 nitrogen and oxygen atoms in total. The maximum Gasteiger partial charge on any atom is 0.0771 e. The van der Waals surface area contributed by atoms with E-state index in [0.29, 0.717) is 26.0 Å². The van der Waals surface area contributed by atoms with E-state index in [9.17, 15) is 5.11 Å². The zero-order valence-corrected chi connectivity index (χ0v) is 12.5. The van der Waals surface area contributed by atoms with Crippen molar-refractivity contribution in [2.75, 3.05) is 13.2 Å². The Labute approximate surface area is 121 Å². The second-order valence-corrected chi connectivity index (χ2v) is 7.17. The first-order chi connectivity index (χ1) is 9.40. The Hall–Kier alpha value is -0.900. The van der Waals surface area contributed by atoms with E-state index in [-0.39, 0.29) is 11.0 Å². The smallest absolute Gasteiger partial charge is 0.0771 e. The predicted molar refractivity (Wildman–Crippen MR) is 79.6 cm³/mol. The van der Waals surface area contributed by atoms with Crippen molar-refractivity contribution in [3.05, 3.63) is 35.4 Å². The fraction of sp³-hybridized carbons (Fsp3) is 0.647. The van der Waals surface area contributed by atoms with E-state index >= 15 is 0 Å². The molecule has 0 aromatic heterocycles. The van der Waals surface area contributed by atoms with Gasteiger partial charge in [-0.3, -0.25) is 0 Å². The number of nitrogens with two attached hydrogens (primary N) is 1. The largest absolute Gasteiger partial charge is 0.389 e. The monoisotopic (exact) mass is 275 g/mol. The van der Waals surface area contributed by atoms with Crippen LogP contribution >= 0.6 is 0 Å². The molecule has 1 saturated heterocycles. The van der Waals surface area contributed by atoms with Crippen LogP contribution in [0.15, 0.2) is 24.3 Å². The van der Waals surface area contributed by atoms with Gasteiger partial charge in [-0.25, -0.2) is 0 Å². The molecule has 1 heterocycles. The molecule has 0 spiro atoms. The number of hydrogen-bond acceptors (Lipinski definition) is 3. The van der Waals surface area contributed by atoms with Crippen LogP contribution in [0.2, 0.25) is 0 Å². The molecule has 1 aliphatic heterocycles. The summed E-state index contributed by atoms with van der Waals surface area (Å²) >= 11 is 0. The maximum absolute atomic E-state index is 11.4. The average Bonchev–Trinajstić information content (AvgIpc) is 2.77. The van der Waals surface area contributed by atoms with Crippen molar-refractivity contribution in [2.24, 2.45) is 11.1 Å². The van der Waals surface area contributed by atoms with Crippen LogP contribution < -0.4 is 5.73 Å². The first-order valence-electron chi connectivity index (χ1n) is 7.53. The Kier molecular flexibility index (Phi) is 3.20. The van der Waals surface area contributed by atoms with Gasteiger partial charge in [0, 0.05) is 24.8 Å². The predicted octanol–water partition coefficient (Wildman–Crippen LogP) is 2.05. The molecule has 0 saturated carbocycles. The lowest BCUT2D eigenvalue weighted by Crippen LogP contribution is -2.59. The Morgan fingerprint density at radius 3 is 2.30 bits per heavy atom. The molecule has 2 aliphatic rings. The van der Waals surface area contributed by atoms with E-state index in [2.05, 4.69) is 38.1 Å². The van der Waals surface area contributed by atoms with Crippen LogP contribution in [0.1, 0.15) is 37.8 Å². The fourth-order valence-electron chi connectivity index (χ4n) is 4.15. The first-order valence-corrected chi connectivity index (χ1v) is 7.53. The molecule has 1 fully saturated rings. The van der Waals surface area contributed by atoms with Gasteiger partial charge in [0.15, 0.2) is 0 Å². The van der Waals surface area contributed by atoms with Crippen molar-refractivity contribution in [3.8, 4) is 0 Å². The number of rotatable bonds is 2. The summed E-state index contributed by atoms with van der Waals surface area (Å²) in [6.07, 6.45) is 3.10. The summed E-state index contributed by atoms with van der Waals surface area (Å²) in [6, 6.07) is 8.48. The minimum atomic E-state index is -0.734. The number of aliphatic hydroxyl groups is 1. The Morgan fingerprint density at radius 2 is 1.80 bits per heavy atom. The zero-order valence-electron chi connectivity index (χ0n) is 12.5. The van der Waals surface area contributed by atoms with Crippen molar-refractivity contribution >= 4 is 0 Å². The van der Waals surface area contributed by atoms with Crippen molar-refractivity contribution < 1.29 is 9.84 Å². The minimum Gasteiger partial charge on any atom is -0.389 e. The quantitative estimate of drug-likeness (QED) is 0.868. The molecule has 110 valence electrons. The number of benzene rings is 1. The molecular formula is C17H25NO2. The van der Waals surface area contributed by atoms with Gasteiger partial charge in [-0.15, -0.1) is 0 Å². The van der Waals surface area contributed by atoms with E-state index in [4.69, 9.17) is 10.5 Å². The van der Waals surface area contributed by atoms with Crippen LogP contribution in [0.25, 0.3) is 0 Å². The van der Waals surface area contributed by atoms with Gasteiger partial charge in [-0.1, -0.05) is 24.3 Å². The van der Waals surface area contributed by atoms with Crippen LogP contribution in [0.4, 0.5) is 0 Å². The molecular weight excluding hydrogens is 250 g/mol. The lowest BCUT2D eigenvalue weighted by Gasteiger charge is -2.51. The van der Waals surface area contributed by atoms with Gasteiger partial charge in [0.1, 0.15) is 0 Å². The van der Waals surface area contributed by atoms with E-state index in [1.54, 1.807) is 0 Å². The van der Waals surface area contributed by atoms with E-state index in [1.807, 2.05) is 0 Å². The van der Waals surface area contributed by atoms with Crippen LogP contribution in [0.5, 0.6) is 0 Å². The highest BCUT2D eigenvalue weighted by Gasteiger charge is 2.55. The lowest BCUT2D eigenvalue weighted by molar-refractivity contribution is -0.191. The average molecular weight is 275 g/mol. The van der Waals surface area contributed by atoms with Gasteiger partial charge in [-0.2, -0.15) is 0 Å². The molecule has 0 bridgehead atoms. The van der Waals surface area contributed by atoms with Crippen molar-refractivity contribution in [3.63, 3.8) is 0 Å². The lowest BCUT2D eigenvalue weighted by atomic mass is 9.63. The first kappa shape index (κ1) is 14.1. The molecule has 1 atom stereocenters. The highest BCUT2D eigenvalue weighted by atomic mass is 16.5. The third-order valence-corrected chi connectivity index (χ3v) is 5.28. The molecule has 3 N–H and O–H groups in total. The second-order valence-electron chi connectivity index (χ2n) is 7.17. The number of hydrogen-bond donors (Lipinski definition) is 2. The molecule has 1 aromatic rings. The van der Waals surface area contributed by atoms with Gasteiger partial charge >= 0.3 is 0 Å². The summed E-state index contributed by atoms with van der Waals surface area (Å²) in [5, 5.41) is 11.4. The minimum absolute atomic E-state index is 0.238. The number of fused-ring (bicyclic) bond motifs is 1. The van der Waals surface area contributed by atoms with Crippen LogP contribution in [-0.2, 0) is 17.6 Å². The molecule has 3 rings (SSSR count). The van der Waals surface area contributed by atoms with Crippen LogP contribution in [0, 0.1) is 5.41 Å². The van der Waals surface area contributed by atoms with E-state index in [1.165, 1.54) is 11.1 Å². The molecule has 1 aliphatic carbocycles. The molecule has 0 radical (unpaired) electrons. The summed E-state index contributed by atoms with van der Waals surface area (Å²) in [5.74, 6) is 0. The van der Waals surface area contributed by atoms with E-state index < -0.39 is 5.60 Å². The van der Waals surface area contributed by atoms with Crippen molar-refractivity contribution in [1.82, 2.24) is 0 Å². The Balaban J connectivity index is 1.95. The van der Waals surface area contributed by atoms with Crippen LogP contribution in [-0.4, -0.2) is 29.5 Å². The summed E-state index contributed by atoms with van der Waals surface area (Å²) in [4.78, 5) is 0. The standard InChI is InChI=1S/C17H25NO2/c1-15(2)11-17(19,7-8-20-15)16(12-18)9-13-5-3-4-6-14(13)10-16/h3-6,19H,7-12,18H2,1-2H3. The van der Waals surface area contributed by atoms with Gasteiger partial charge in [0.05, 0.1) is 17.8 Å². The highest BCUT2D eigenvalue weighted by molar-refractivity contribution is 5.36. The summed E-state index contributed by atoms with van der Waals surface area (Å²) in [5.41, 5.74) is 7.59. The Bertz CT molecular complexity index is 486. The summed E-state index contributed by atoms with van der Waals surface area (Å²) < 4.78 is 5.79. The Morgan fingerprint density at radius 1 is 1.20 bits per heavy atom. The van der Waals surface area contributed by atoms with Crippen molar-refractivity contribution in [2.45, 2.75) is 50.7 Å². The normalized spacial score (nSPS) is 31.0. The molecule has 20 heavy (non-hydrogen) atoms. The number of ether oxygens (including phenoxy) is 1. The molecule has 1 unspecified atom stereocenters. The fourth-order valence-corrected chi connectivity index (χ4v) is 4.15. The topological polar surface area (TPSA) is 55.5 Å². The summed E-state index contributed by atoms with van der Waals surface area (Å²) in [6.45, 7) is 5.25. The molecule has 3 heteroatoms. The van der Waals surface area contributed by atoms with E-state index in [0.717, 1.165) is 12.8 Å². The van der Waals surface area contributed by atoms with Gasteiger partial charge in [0.25, 0.3) is 0 Å². The zero-order chi connectivity index (χ0) is 14.4. The third-order valence-electron chi connectivity index (χ3n) is 5.28. The highest BCUT2D eigenvalue weighted by Crippen LogP contribution is 2.50. The van der Waals surface area contributed by atoms with Crippen LogP contribution in [0.3, 0.4) is 0 Å². The SMILES string of the molecule is CC1(C)CC(O)(C2(CN)Cc3ccccc3C2)CCO1.